The fourth-order valence-corrected chi connectivity index (χ4v) is 2.67. The summed E-state index contributed by atoms with van der Waals surface area (Å²) in [5.74, 6) is 0.881. The van der Waals surface area contributed by atoms with E-state index in [0.717, 1.165) is 30.6 Å². The number of hydrogen-bond acceptors (Lipinski definition) is 2. The van der Waals surface area contributed by atoms with Crippen LogP contribution in [0, 0.1) is 6.92 Å². The summed E-state index contributed by atoms with van der Waals surface area (Å²) in [5.41, 5.74) is 3.82. The van der Waals surface area contributed by atoms with Crippen LogP contribution in [0.4, 0.5) is 5.82 Å². The zero-order chi connectivity index (χ0) is 16.3. The molecule has 0 saturated heterocycles. The molecule has 0 atom stereocenters. The SMILES string of the molecule is CCCCCC/C(CCc1ccccc1)=N\c1ncccc1C. The van der Waals surface area contributed by atoms with Gasteiger partial charge in [0.05, 0.1) is 0 Å². The smallest absolute Gasteiger partial charge is 0.154 e. The number of nitrogens with zero attached hydrogens (tertiary/aromatic N) is 2. The molecule has 122 valence electrons. The third-order valence-electron chi connectivity index (χ3n) is 4.11. The summed E-state index contributed by atoms with van der Waals surface area (Å²) in [6.45, 7) is 4.33. The van der Waals surface area contributed by atoms with E-state index in [1.807, 2.05) is 12.3 Å². The Morgan fingerprint density at radius 2 is 1.78 bits per heavy atom. The van der Waals surface area contributed by atoms with Crippen molar-refractivity contribution in [2.75, 3.05) is 0 Å². The van der Waals surface area contributed by atoms with Crippen molar-refractivity contribution in [2.24, 2.45) is 4.99 Å². The summed E-state index contributed by atoms with van der Waals surface area (Å²) in [7, 11) is 0. The van der Waals surface area contributed by atoms with Crippen molar-refractivity contribution in [1.82, 2.24) is 4.98 Å². The van der Waals surface area contributed by atoms with Crippen LogP contribution in [0.1, 0.15) is 56.6 Å². The summed E-state index contributed by atoms with van der Waals surface area (Å²) in [6, 6.07) is 14.7. The first-order chi connectivity index (χ1) is 11.3. The average Bonchev–Trinajstić information content (AvgIpc) is 2.59. The Morgan fingerprint density at radius 1 is 0.957 bits per heavy atom. The Labute approximate surface area is 140 Å². The fraction of sp³-hybridized carbons (Fsp3) is 0.429. The quantitative estimate of drug-likeness (QED) is 0.408. The maximum Gasteiger partial charge on any atom is 0.154 e. The molecule has 0 saturated carbocycles. The van der Waals surface area contributed by atoms with Gasteiger partial charge in [0.25, 0.3) is 0 Å². The molecule has 2 heteroatoms. The van der Waals surface area contributed by atoms with E-state index in [-0.39, 0.29) is 0 Å². The average molecular weight is 308 g/mol. The lowest BCUT2D eigenvalue weighted by atomic mass is 10.0. The Bertz CT molecular complexity index is 602. The van der Waals surface area contributed by atoms with Gasteiger partial charge in [0, 0.05) is 11.9 Å². The van der Waals surface area contributed by atoms with Gasteiger partial charge in [0.1, 0.15) is 0 Å². The first-order valence-corrected chi connectivity index (χ1v) is 8.81. The zero-order valence-electron chi connectivity index (χ0n) is 14.5. The second-order valence-corrected chi connectivity index (χ2v) is 6.12. The molecule has 2 nitrogen and oxygen atoms in total. The summed E-state index contributed by atoms with van der Waals surface area (Å²) in [5, 5.41) is 0. The van der Waals surface area contributed by atoms with Gasteiger partial charge in [-0.1, -0.05) is 62.6 Å². The second kappa shape index (κ2) is 9.94. The highest BCUT2D eigenvalue weighted by atomic mass is 14.9. The largest absolute Gasteiger partial charge is 0.238 e. The van der Waals surface area contributed by atoms with Crippen LogP contribution in [-0.2, 0) is 6.42 Å². The first kappa shape index (κ1) is 17.4. The molecule has 1 aromatic heterocycles. The van der Waals surface area contributed by atoms with Gasteiger partial charge >= 0.3 is 0 Å². The Balaban J connectivity index is 2.03. The van der Waals surface area contributed by atoms with E-state index in [2.05, 4.69) is 55.2 Å². The molecule has 0 aliphatic rings. The van der Waals surface area contributed by atoms with Crippen molar-refractivity contribution in [3.8, 4) is 0 Å². The number of hydrogen-bond donors (Lipinski definition) is 0. The molecule has 0 radical (unpaired) electrons. The van der Waals surface area contributed by atoms with E-state index in [0.29, 0.717) is 0 Å². The highest BCUT2D eigenvalue weighted by Crippen LogP contribution is 2.17. The minimum absolute atomic E-state index is 0.881. The van der Waals surface area contributed by atoms with Gasteiger partial charge in [-0.25, -0.2) is 9.98 Å². The summed E-state index contributed by atoms with van der Waals surface area (Å²) < 4.78 is 0. The van der Waals surface area contributed by atoms with Gasteiger partial charge < -0.3 is 0 Å². The van der Waals surface area contributed by atoms with Gasteiger partial charge in [-0.15, -0.1) is 0 Å². The fourth-order valence-electron chi connectivity index (χ4n) is 2.67. The maximum atomic E-state index is 4.88. The molecular weight excluding hydrogens is 280 g/mol. The molecule has 0 N–H and O–H groups in total. The third kappa shape index (κ3) is 6.35. The van der Waals surface area contributed by atoms with E-state index in [1.165, 1.54) is 37.0 Å². The maximum absolute atomic E-state index is 4.88. The topological polar surface area (TPSA) is 25.2 Å². The molecule has 0 aliphatic heterocycles. The molecule has 23 heavy (non-hydrogen) atoms. The lowest BCUT2D eigenvalue weighted by molar-refractivity contribution is 0.679. The van der Waals surface area contributed by atoms with Crippen LogP contribution in [0.25, 0.3) is 0 Å². The number of benzene rings is 1. The highest BCUT2D eigenvalue weighted by molar-refractivity contribution is 5.87. The van der Waals surface area contributed by atoms with Crippen LogP contribution in [0.3, 0.4) is 0 Å². The Hall–Kier alpha value is -1.96. The second-order valence-electron chi connectivity index (χ2n) is 6.12. The third-order valence-corrected chi connectivity index (χ3v) is 4.11. The number of unbranched alkanes of at least 4 members (excludes halogenated alkanes) is 3. The number of rotatable bonds is 9. The molecule has 0 bridgehead atoms. The minimum atomic E-state index is 0.881. The van der Waals surface area contributed by atoms with Crippen LogP contribution in [0.2, 0.25) is 0 Å². The van der Waals surface area contributed by atoms with E-state index in [9.17, 15) is 0 Å². The summed E-state index contributed by atoms with van der Waals surface area (Å²) >= 11 is 0. The molecule has 0 amide bonds. The van der Waals surface area contributed by atoms with Crippen molar-refractivity contribution < 1.29 is 0 Å². The predicted molar refractivity (Wildman–Crippen MR) is 99.6 cm³/mol. The van der Waals surface area contributed by atoms with E-state index in [4.69, 9.17) is 4.99 Å². The van der Waals surface area contributed by atoms with Crippen LogP contribution in [0.15, 0.2) is 53.7 Å². The molecular formula is C21H28N2. The number of aromatic nitrogens is 1. The van der Waals surface area contributed by atoms with Crippen LogP contribution >= 0.6 is 0 Å². The van der Waals surface area contributed by atoms with Crippen molar-refractivity contribution >= 4 is 11.5 Å². The van der Waals surface area contributed by atoms with Crippen molar-refractivity contribution in [3.05, 3.63) is 59.8 Å². The molecule has 2 aromatic rings. The molecule has 0 unspecified atom stereocenters. The van der Waals surface area contributed by atoms with Crippen molar-refractivity contribution in [1.29, 1.82) is 0 Å². The Kier molecular flexibility index (Phi) is 7.51. The monoisotopic (exact) mass is 308 g/mol. The van der Waals surface area contributed by atoms with Gasteiger partial charge in [0.15, 0.2) is 5.82 Å². The summed E-state index contributed by atoms with van der Waals surface area (Å²) in [6.07, 6.45) is 10.1. The van der Waals surface area contributed by atoms with Crippen molar-refractivity contribution in [2.45, 2.75) is 58.8 Å². The van der Waals surface area contributed by atoms with Gasteiger partial charge in [-0.3, -0.25) is 0 Å². The normalized spacial score (nSPS) is 11.7. The van der Waals surface area contributed by atoms with E-state index in [1.54, 1.807) is 0 Å². The van der Waals surface area contributed by atoms with Crippen LogP contribution in [0.5, 0.6) is 0 Å². The summed E-state index contributed by atoms with van der Waals surface area (Å²) in [4.78, 5) is 9.31. The predicted octanol–water partition coefficient (Wildman–Crippen LogP) is 6.07. The van der Waals surface area contributed by atoms with Crippen LogP contribution in [-0.4, -0.2) is 10.7 Å². The number of aryl methyl sites for hydroxylation is 2. The van der Waals surface area contributed by atoms with Gasteiger partial charge in [0.2, 0.25) is 0 Å². The highest BCUT2D eigenvalue weighted by Gasteiger charge is 2.04. The Morgan fingerprint density at radius 3 is 2.52 bits per heavy atom. The van der Waals surface area contributed by atoms with E-state index < -0.39 is 0 Å². The molecule has 0 fully saturated rings. The molecule has 2 rings (SSSR count). The van der Waals surface area contributed by atoms with Crippen molar-refractivity contribution in [3.63, 3.8) is 0 Å². The number of pyridine rings is 1. The van der Waals surface area contributed by atoms with E-state index >= 15 is 0 Å². The molecule has 0 aliphatic carbocycles. The lowest BCUT2D eigenvalue weighted by Gasteiger charge is -2.08. The first-order valence-electron chi connectivity index (χ1n) is 8.81. The molecule has 0 spiro atoms. The molecule has 1 heterocycles. The minimum Gasteiger partial charge on any atom is -0.238 e. The standard InChI is InChI=1S/C21H28N2/c1-3-4-5-9-14-20(16-15-19-12-7-6-8-13-19)23-21-18(2)11-10-17-22-21/h6-8,10-13,17H,3-5,9,14-16H2,1-2H3/b23-20+. The van der Waals surface area contributed by atoms with Gasteiger partial charge in [-0.05, 0) is 49.8 Å². The lowest BCUT2D eigenvalue weighted by Crippen LogP contribution is -2.02. The molecule has 1 aromatic carbocycles. The number of aliphatic imine (C=N–C) groups is 1. The van der Waals surface area contributed by atoms with Gasteiger partial charge in [-0.2, -0.15) is 0 Å². The zero-order valence-corrected chi connectivity index (χ0v) is 14.5. The van der Waals surface area contributed by atoms with Crippen LogP contribution < -0.4 is 0 Å².